The van der Waals surface area contributed by atoms with E-state index in [1.165, 1.54) is 11.8 Å². The summed E-state index contributed by atoms with van der Waals surface area (Å²) in [6.45, 7) is 4.69. The number of nitrogens with one attached hydrogen (secondary N) is 1. The van der Waals surface area contributed by atoms with Crippen molar-refractivity contribution in [3.63, 3.8) is 0 Å². The maximum absolute atomic E-state index is 12.3. The van der Waals surface area contributed by atoms with Crippen LogP contribution < -0.4 is 5.32 Å². The average Bonchev–Trinajstić information content (AvgIpc) is 3.34. The summed E-state index contributed by atoms with van der Waals surface area (Å²) in [7, 11) is 0. The highest BCUT2D eigenvalue weighted by Crippen LogP contribution is 2.29. The molecule has 0 aliphatic carbocycles. The van der Waals surface area contributed by atoms with Crippen LogP contribution in [-0.2, 0) is 11.3 Å². The molecule has 1 amide bonds. The van der Waals surface area contributed by atoms with Crippen molar-refractivity contribution in [2.45, 2.75) is 25.5 Å². The number of nitrogens with zero attached hydrogens (tertiary/aromatic N) is 5. The van der Waals surface area contributed by atoms with Gasteiger partial charge in [0.25, 0.3) is 0 Å². The summed E-state index contributed by atoms with van der Waals surface area (Å²) in [6.07, 6.45) is 1.98. The fourth-order valence-corrected chi connectivity index (χ4v) is 4.66. The lowest BCUT2D eigenvalue weighted by atomic mass is 10.3. The molecule has 4 aromatic rings. The van der Waals surface area contributed by atoms with Crippen molar-refractivity contribution in [2.75, 3.05) is 11.1 Å². The van der Waals surface area contributed by atoms with Gasteiger partial charge in [0.15, 0.2) is 15.9 Å². The monoisotopic (exact) mass is 432 g/mol. The molecule has 1 aromatic carbocycles. The van der Waals surface area contributed by atoms with E-state index in [0.29, 0.717) is 22.4 Å². The number of aryl methyl sites for hydroxylation is 1. The van der Waals surface area contributed by atoms with Gasteiger partial charge in [-0.3, -0.25) is 9.20 Å². The number of thioether (sulfide) groups is 1. The molecule has 0 unspecified atom stereocenters. The van der Waals surface area contributed by atoms with E-state index in [0.717, 1.165) is 22.2 Å². The Morgan fingerprint density at radius 3 is 3.00 bits per heavy atom. The number of rotatable bonds is 6. The highest BCUT2D eigenvalue weighted by atomic mass is 35.5. The molecule has 0 aliphatic rings. The van der Waals surface area contributed by atoms with Crippen LogP contribution in [0.15, 0.2) is 41.0 Å². The number of thiazole rings is 1. The van der Waals surface area contributed by atoms with Gasteiger partial charge in [0.2, 0.25) is 5.91 Å². The van der Waals surface area contributed by atoms with Crippen molar-refractivity contribution in [3.05, 3.63) is 46.6 Å². The average molecular weight is 433 g/mol. The quantitative estimate of drug-likeness (QED) is 0.458. The van der Waals surface area contributed by atoms with Crippen LogP contribution >= 0.6 is 34.7 Å². The Balaban J connectivity index is 1.52. The van der Waals surface area contributed by atoms with Crippen LogP contribution in [0.25, 0.3) is 16.5 Å². The van der Waals surface area contributed by atoms with E-state index in [9.17, 15) is 4.79 Å². The van der Waals surface area contributed by atoms with Gasteiger partial charge in [-0.25, -0.2) is 4.98 Å². The van der Waals surface area contributed by atoms with Crippen molar-refractivity contribution < 1.29 is 4.79 Å². The number of aromatic nitrogens is 5. The standard InChI is InChI=1S/C18H17ClN6OS2/c1-3-24-16(15-11(2)20-17-25(15)7-8-27-17)22-23-18(24)28-10-14(26)21-13-6-4-5-12(19)9-13/h4-9H,3,10H2,1-2H3,(H,21,26). The van der Waals surface area contributed by atoms with Gasteiger partial charge in [-0.05, 0) is 32.0 Å². The predicted molar refractivity (Wildman–Crippen MR) is 113 cm³/mol. The van der Waals surface area contributed by atoms with E-state index in [2.05, 4.69) is 20.5 Å². The van der Waals surface area contributed by atoms with E-state index in [1.54, 1.807) is 35.6 Å². The number of carbonyl (C=O) groups is 1. The highest BCUT2D eigenvalue weighted by molar-refractivity contribution is 7.99. The van der Waals surface area contributed by atoms with Crippen LogP contribution in [0, 0.1) is 6.92 Å². The van der Waals surface area contributed by atoms with Crippen LogP contribution in [0.2, 0.25) is 5.02 Å². The Bertz CT molecular complexity index is 1150. The molecule has 0 spiro atoms. The zero-order valence-corrected chi connectivity index (χ0v) is 17.6. The van der Waals surface area contributed by atoms with Crippen LogP contribution in [0.5, 0.6) is 0 Å². The lowest BCUT2D eigenvalue weighted by molar-refractivity contribution is -0.113. The van der Waals surface area contributed by atoms with Crippen molar-refractivity contribution >= 4 is 51.3 Å². The first kappa shape index (κ1) is 19.0. The number of halogens is 1. The van der Waals surface area contributed by atoms with E-state index < -0.39 is 0 Å². The second-order valence-corrected chi connectivity index (χ2v) is 8.25. The first-order chi connectivity index (χ1) is 13.6. The van der Waals surface area contributed by atoms with Crippen LogP contribution in [0.1, 0.15) is 12.6 Å². The van der Waals surface area contributed by atoms with Crippen LogP contribution in [-0.4, -0.2) is 35.8 Å². The summed E-state index contributed by atoms with van der Waals surface area (Å²) in [5.74, 6) is 0.855. The Kier molecular flexibility index (Phi) is 5.38. The molecular formula is C18H17ClN6OS2. The van der Waals surface area contributed by atoms with Gasteiger partial charge in [-0.1, -0.05) is 29.4 Å². The maximum Gasteiger partial charge on any atom is 0.234 e. The first-order valence-corrected chi connectivity index (χ1v) is 10.8. The molecule has 0 fully saturated rings. The van der Waals surface area contributed by atoms with Gasteiger partial charge >= 0.3 is 0 Å². The minimum atomic E-state index is -0.125. The SMILES string of the molecule is CCn1c(SCC(=O)Nc2cccc(Cl)c2)nnc1-c1c(C)nc2sccn12. The lowest BCUT2D eigenvalue weighted by Gasteiger charge is -2.08. The fraction of sp³-hybridized carbons (Fsp3) is 0.222. The zero-order chi connectivity index (χ0) is 19.7. The molecule has 28 heavy (non-hydrogen) atoms. The van der Waals surface area contributed by atoms with E-state index in [1.807, 2.05) is 34.4 Å². The Morgan fingerprint density at radius 2 is 2.21 bits per heavy atom. The molecule has 0 aliphatic heterocycles. The number of anilines is 1. The molecule has 0 saturated carbocycles. The summed E-state index contributed by atoms with van der Waals surface area (Å²) in [6, 6.07) is 7.07. The molecule has 1 N–H and O–H groups in total. The smallest absolute Gasteiger partial charge is 0.234 e. The number of hydrogen-bond acceptors (Lipinski definition) is 6. The summed E-state index contributed by atoms with van der Waals surface area (Å²) in [5, 5.41) is 14.8. The molecule has 3 aromatic heterocycles. The van der Waals surface area contributed by atoms with E-state index >= 15 is 0 Å². The Hall–Kier alpha value is -2.36. The Labute approximate surface area is 174 Å². The summed E-state index contributed by atoms with van der Waals surface area (Å²) in [5.41, 5.74) is 2.51. The minimum absolute atomic E-state index is 0.125. The van der Waals surface area contributed by atoms with Crippen LogP contribution in [0.3, 0.4) is 0 Å². The Morgan fingerprint density at radius 1 is 1.36 bits per heavy atom. The van der Waals surface area contributed by atoms with E-state index in [4.69, 9.17) is 11.6 Å². The molecule has 0 atom stereocenters. The third kappa shape index (κ3) is 3.65. The van der Waals surface area contributed by atoms with Crippen molar-refractivity contribution in [2.24, 2.45) is 0 Å². The van der Waals surface area contributed by atoms with Gasteiger partial charge in [-0.2, -0.15) is 0 Å². The number of hydrogen-bond donors (Lipinski definition) is 1. The number of carbonyl (C=O) groups excluding carboxylic acids is 1. The third-order valence-corrected chi connectivity index (χ3v) is 6.08. The van der Waals surface area contributed by atoms with Crippen molar-refractivity contribution in [1.29, 1.82) is 0 Å². The largest absolute Gasteiger partial charge is 0.325 e. The topological polar surface area (TPSA) is 77.1 Å². The molecule has 3 heterocycles. The van der Waals surface area contributed by atoms with Gasteiger partial charge in [0.1, 0.15) is 5.69 Å². The van der Waals surface area contributed by atoms with Crippen molar-refractivity contribution in [1.82, 2.24) is 24.1 Å². The molecule has 4 rings (SSSR count). The number of amides is 1. The predicted octanol–water partition coefficient (Wildman–Crippen LogP) is 4.37. The number of fused-ring (bicyclic) bond motifs is 1. The molecule has 0 saturated heterocycles. The fourth-order valence-electron chi connectivity index (χ4n) is 2.91. The minimum Gasteiger partial charge on any atom is -0.325 e. The van der Waals surface area contributed by atoms with Gasteiger partial charge in [0.05, 0.1) is 11.4 Å². The van der Waals surface area contributed by atoms with Crippen LogP contribution in [0.4, 0.5) is 5.69 Å². The molecule has 0 bridgehead atoms. The molecule has 0 radical (unpaired) electrons. The van der Waals surface area contributed by atoms with Gasteiger partial charge in [-0.15, -0.1) is 21.5 Å². The summed E-state index contributed by atoms with van der Waals surface area (Å²) >= 11 is 8.89. The van der Waals surface area contributed by atoms with E-state index in [-0.39, 0.29) is 11.7 Å². The number of imidazole rings is 1. The molecular weight excluding hydrogens is 416 g/mol. The molecule has 144 valence electrons. The maximum atomic E-state index is 12.3. The first-order valence-electron chi connectivity index (χ1n) is 8.60. The summed E-state index contributed by atoms with van der Waals surface area (Å²) in [4.78, 5) is 17.8. The molecule has 10 heteroatoms. The summed E-state index contributed by atoms with van der Waals surface area (Å²) < 4.78 is 4.03. The molecule has 7 nitrogen and oxygen atoms in total. The second kappa shape index (κ2) is 7.94. The van der Waals surface area contributed by atoms with Gasteiger partial charge in [0, 0.05) is 28.8 Å². The highest BCUT2D eigenvalue weighted by Gasteiger charge is 2.20. The van der Waals surface area contributed by atoms with Crippen molar-refractivity contribution in [3.8, 4) is 11.5 Å². The van der Waals surface area contributed by atoms with Gasteiger partial charge < -0.3 is 9.88 Å². The third-order valence-electron chi connectivity index (χ3n) is 4.12. The lowest BCUT2D eigenvalue weighted by Crippen LogP contribution is -2.14. The number of benzene rings is 1. The zero-order valence-electron chi connectivity index (χ0n) is 15.2. The second-order valence-electron chi connectivity index (χ2n) is 6.00. The normalized spacial score (nSPS) is 11.2.